The molecule has 21 heavy (non-hydrogen) atoms. The third kappa shape index (κ3) is 3.44. The first-order chi connectivity index (χ1) is 9.82. The molecule has 0 aliphatic carbocycles. The second kappa shape index (κ2) is 6.15. The first-order valence-corrected chi connectivity index (χ1v) is 8.60. The first kappa shape index (κ1) is 16.0. The predicted molar refractivity (Wildman–Crippen MR) is 79.9 cm³/mol. The molecule has 1 aromatic rings. The Kier molecular flexibility index (Phi) is 4.68. The molecule has 6 heteroatoms. The number of sulfonamides is 1. The van der Waals surface area contributed by atoms with Gasteiger partial charge in [-0.05, 0) is 49.8 Å². The minimum atomic E-state index is -3.63. The molecule has 1 aliphatic heterocycles. The monoisotopic (exact) mass is 311 g/mol. The van der Waals surface area contributed by atoms with Crippen molar-refractivity contribution >= 4 is 16.0 Å². The van der Waals surface area contributed by atoms with Crippen molar-refractivity contribution in [3.05, 3.63) is 29.3 Å². The average molecular weight is 311 g/mol. The summed E-state index contributed by atoms with van der Waals surface area (Å²) in [5.74, 6) is -0.590. The van der Waals surface area contributed by atoms with Gasteiger partial charge in [0.2, 0.25) is 10.0 Å². The Hall–Kier alpha value is -1.40. The van der Waals surface area contributed by atoms with Gasteiger partial charge >= 0.3 is 5.97 Å². The van der Waals surface area contributed by atoms with E-state index in [0.717, 1.165) is 19.3 Å². The molecule has 1 fully saturated rings. The number of hydrogen-bond donors (Lipinski definition) is 1. The molecule has 1 atom stereocenters. The Labute approximate surface area is 125 Å². The number of rotatable bonds is 3. The normalized spacial score (nSPS) is 21.0. The van der Waals surface area contributed by atoms with Gasteiger partial charge in [-0.2, -0.15) is 4.31 Å². The lowest BCUT2D eigenvalue weighted by molar-refractivity contribution is 0.0696. The molecule has 0 saturated carbocycles. The van der Waals surface area contributed by atoms with Crippen LogP contribution >= 0.6 is 0 Å². The molecule has 1 aromatic carbocycles. The van der Waals surface area contributed by atoms with Crippen LogP contribution in [-0.2, 0) is 10.0 Å². The smallest absolute Gasteiger partial charge is 0.335 e. The summed E-state index contributed by atoms with van der Waals surface area (Å²) >= 11 is 0. The van der Waals surface area contributed by atoms with Gasteiger partial charge in [0.05, 0.1) is 10.5 Å². The Morgan fingerprint density at radius 2 is 2.00 bits per heavy atom. The Morgan fingerprint density at radius 3 is 2.67 bits per heavy atom. The van der Waals surface area contributed by atoms with Gasteiger partial charge < -0.3 is 5.11 Å². The van der Waals surface area contributed by atoms with E-state index in [1.165, 1.54) is 16.4 Å². The van der Waals surface area contributed by atoms with E-state index in [9.17, 15) is 13.2 Å². The number of aromatic carboxylic acids is 1. The molecule has 5 nitrogen and oxygen atoms in total. The van der Waals surface area contributed by atoms with Crippen LogP contribution in [0.15, 0.2) is 23.1 Å². The maximum atomic E-state index is 12.8. The van der Waals surface area contributed by atoms with Crippen LogP contribution in [0.5, 0.6) is 0 Å². The maximum absolute atomic E-state index is 12.8. The largest absolute Gasteiger partial charge is 0.478 e. The Morgan fingerprint density at radius 1 is 1.29 bits per heavy atom. The number of carbonyl (C=O) groups is 1. The summed E-state index contributed by atoms with van der Waals surface area (Å²) in [7, 11) is -3.63. The molecule has 116 valence electrons. The van der Waals surface area contributed by atoms with Crippen LogP contribution in [0.4, 0.5) is 0 Å². The average Bonchev–Trinajstić information content (AvgIpc) is 2.64. The molecular weight excluding hydrogens is 290 g/mol. The second-order valence-electron chi connectivity index (χ2n) is 5.73. The predicted octanol–water partition coefficient (Wildman–Crippen LogP) is 2.50. The zero-order valence-electron chi connectivity index (χ0n) is 12.4. The molecule has 1 aliphatic rings. The van der Waals surface area contributed by atoms with Crippen molar-refractivity contribution in [2.24, 2.45) is 5.92 Å². The quantitative estimate of drug-likeness (QED) is 0.930. The lowest BCUT2D eigenvalue weighted by atomic mass is 10.0. The summed E-state index contributed by atoms with van der Waals surface area (Å²) in [6.07, 6.45) is 2.72. The van der Waals surface area contributed by atoms with Gasteiger partial charge in [0.25, 0.3) is 0 Å². The fourth-order valence-corrected chi connectivity index (χ4v) is 4.37. The van der Waals surface area contributed by atoms with Crippen molar-refractivity contribution < 1.29 is 18.3 Å². The van der Waals surface area contributed by atoms with Gasteiger partial charge in [0, 0.05) is 13.1 Å². The summed E-state index contributed by atoms with van der Waals surface area (Å²) in [6.45, 7) is 4.83. The fraction of sp³-hybridized carbons (Fsp3) is 0.533. The standard InChI is InChI=1S/C15H21NO4S/c1-11-4-3-8-16(9-7-11)21(19,20)14-10-13(15(17)18)6-5-12(14)2/h5-6,10-11H,3-4,7-9H2,1-2H3,(H,17,18). The summed E-state index contributed by atoms with van der Waals surface area (Å²) in [4.78, 5) is 11.2. The summed E-state index contributed by atoms with van der Waals surface area (Å²) < 4.78 is 27.0. The molecule has 2 rings (SSSR count). The lowest BCUT2D eigenvalue weighted by Gasteiger charge is -2.21. The lowest BCUT2D eigenvalue weighted by Crippen LogP contribution is -2.32. The summed E-state index contributed by atoms with van der Waals surface area (Å²) in [5.41, 5.74) is 0.583. The van der Waals surface area contributed by atoms with Gasteiger partial charge in [-0.3, -0.25) is 0 Å². The molecule has 1 N–H and O–H groups in total. The third-order valence-electron chi connectivity index (χ3n) is 4.03. The van der Waals surface area contributed by atoms with Crippen molar-refractivity contribution in [1.82, 2.24) is 4.31 Å². The van der Waals surface area contributed by atoms with Crippen LogP contribution in [0.1, 0.15) is 42.1 Å². The van der Waals surface area contributed by atoms with E-state index in [1.807, 2.05) is 0 Å². The zero-order valence-corrected chi connectivity index (χ0v) is 13.2. The van der Waals surface area contributed by atoms with Crippen LogP contribution in [0.3, 0.4) is 0 Å². The number of carboxylic acid groups (broad SMARTS) is 1. The highest BCUT2D eigenvalue weighted by Gasteiger charge is 2.28. The van der Waals surface area contributed by atoms with Crippen LogP contribution in [0.2, 0.25) is 0 Å². The third-order valence-corrected chi connectivity index (χ3v) is 6.07. The molecule has 0 aromatic heterocycles. The SMILES string of the molecule is Cc1ccc(C(=O)O)cc1S(=O)(=O)N1CCCC(C)CC1. The van der Waals surface area contributed by atoms with Crippen molar-refractivity contribution in [2.75, 3.05) is 13.1 Å². The molecule has 1 heterocycles. The van der Waals surface area contributed by atoms with Gasteiger partial charge in [-0.15, -0.1) is 0 Å². The number of benzene rings is 1. The van der Waals surface area contributed by atoms with E-state index < -0.39 is 16.0 Å². The topological polar surface area (TPSA) is 74.7 Å². The molecular formula is C15H21NO4S. The van der Waals surface area contributed by atoms with E-state index in [0.29, 0.717) is 24.6 Å². The minimum absolute atomic E-state index is 0.00219. The van der Waals surface area contributed by atoms with Crippen LogP contribution in [0.25, 0.3) is 0 Å². The van der Waals surface area contributed by atoms with Gasteiger partial charge in [0.15, 0.2) is 0 Å². The van der Waals surface area contributed by atoms with Crippen LogP contribution in [-0.4, -0.2) is 36.9 Å². The minimum Gasteiger partial charge on any atom is -0.478 e. The number of hydrogen-bond acceptors (Lipinski definition) is 3. The maximum Gasteiger partial charge on any atom is 0.335 e. The van der Waals surface area contributed by atoms with E-state index in [2.05, 4.69) is 6.92 Å². The van der Waals surface area contributed by atoms with Crippen LogP contribution in [0, 0.1) is 12.8 Å². The van der Waals surface area contributed by atoms with Crippen molar-refractivity contribution in [1.29, 1.82) is 0 Å². The second-order valence-corrected chi connectivity index (χ2v) is 7.63. The number of carboxylic acids is 1. The molecule has 0 spiro atoms. The highest BCUT2D eigenvalue weighted by Crippen LogP contribution is 2.25. The number of nitrogens with zero attached hydrogens (tertiary/aromatic N) is 1. The van der Waals surface area contributed by atoms with Crippen molar-refractivity contribution in [3.8, 4) is 0 Å². The fourth-order valence-electron chi connectivity index (χ4n) is 2.63. The Bertz CT molecular complexity index is 639. The van der Waals surface area contributed by atoms with Crippen LogP contribution < -0.4 is 0 Å². The van der Waals surface area contributed by atoms with Gasteiger partial charge in [-0.25, -0.2) is 13.2 Å². The first-order valence-electron chi connectivity index (χ1n) is 7.16. The molecule has 1 unspecified atom stereocenters. The van der Waals surface area contributed by atoms with Gasteiger partial charge in [-0.1, -0.05) is 13.0 Å². The van der Waals surface area contributed by atoms with E-state index in [4.69, 9.17) is 5.11 Å². The summed E-state index contributed by atoms with van der Waals surface area (Å²) in [5, 5.41) is 9.05. The van der Waals surface area contributed by atoms with E-state index >= 15 is 0 Å². The van der Waals surface area contributed by atoms with Crippen molar-refractivity contribution in [3.63, 3.8) is 0 Å². The molecule has 0 amide bonds. The van der Waals surface area contributed by atoms with Gasteiger partial charge in [0.1, 0.15) is 0 Å². The number of aryl methyl sites for hydroxylation is 1. The molecule has 0 radical (unpaired) electrons. The highest BCUT2D eigenvalue weighted by molar-refractivity contribution is 7.89. The summed E-state index contributed by atoms with van der Waals surface area (Å²) in [6, 6.07) is 4.25. The van der Waals surface area contributed by atoms with E-state index in [-0.39, 0.29) is 10.5 Å². The molecule has 0 bridgehead atoms. The molecule has 1 saturated heterocycles. The van der Waals surface area contributed by atoms with Crippen molar-refractivity contribution in [2.45, 2.75) is 38.0 Å². The Balaban J connectivity index is 2.39. The zero-order chi connectivity index (χ0) is 15.6. The van der Waals surface area contributed by atoms with E-state index in [1.54, 1.807) is 13.0 Å². The highest BCUT2D eigenvalue weighted by atomic mass is 32.2.